The van der Waals surface area contributed by atoms with Crippen molar-refractivity contribution in [1.82, 2.24) is 15.4 Å². The van der Waals surface area contributed by atoms with Gasteiger partial charge in [0.15, 0.2) is 5.82 Å². The maximum Gasteiger partial charge on any atom is 0.266 e. The normalized spacial score (nSPS) is 10.6. The summed E-state index contributed by atoms with van der Waals surface area (Å²) in [4.78, 5) is 23.6. The molecule has 0 saturated carbocycles. The van der Waals surface area contributed by atoms with Crippen molar-refractivity contribution in [3.63, 3.8) is 0 Å². The van der Waals surface area contributed by atoms with E-state index in [2.05, 4.69) is 20.7 Å². The van der Waals surface area contributed by atoms with Crippen LogP contribution in [0.2, 0.25) is 5.02 Å². The molecule has 0 bridgehead atoms. The Bertz CT molecular complexity index is 931. The molecule has 0 aliphatic carbocycles. The van der Waals surface area contributed by atoms with Crippen LogP contribution in [0.4, 0.5) is 5.82 Å². The molecule has 0 radical (unpaired) electrons. The number of hydrogen-bond donors (Lipinski definition) is 3. The second-order valence-electron chi connectivity index (χ2n) is 4.96. The zero-order valence-corrected chi connectivity index (χ0v) is 13.2. The molecule has 0 aliphatic heterocycles. The molecule has 122 valence electrons. The second-order valence-corrected chi connectivity index (χ2v) is 5.39. The van der Waals surface area contributed by atoms with Gasteiger partial charge in [-0.3, -0.25) is 14.7 Å². The van der Waals surface area contributed by atoms with E-state index >= 15 is 0 Å². The maximum absolute atomic E-state index is 12.5. The molecule has 2 aromatic heterocycles. The number of aromatic amines is 1. The van der Waals surface area contributed by atoms with Crippen LogP contribution in [0.15, 0.2) is 34.9 Å². The minimum atomic E-state index is -0.677. The Kier molecular flexibility index (Phi) is 4.05. The first-order valence-corrected chi connectivity index (χ1v) is 7.22. The number of aryl methyl sites for hydroxylation is 1. The number of aromatic nitrogens is 3. The summed E-state index contributed by atoms with van der Waals surface area (Å²) < 4.78 is 5.14. The largest absolute Gasteiger partial charge is 0.364 e. The van der Waals surface area contributed by atoms with Gasteiger partial charge in [-0.05, 0) is 19.1 Å². The molecule has 3 rings (SSSR count). The number of hydrogen-bond acceptors (Lipinski definition) is 5. The van der Waals surface area contributed by atoms with Crippen LogP contribution in [0.3, 0.4) is 0 Å². The van der Waals surface area contributed by atoms with Crippen molar-refractivity contribution in [2.24, 2.45) is 5.73 Å². The van der Waals surface area contributed by atoms with Crippen molar-refractivity contribution in [1.29, 1.82) is 0 Å². The molecular formula is C15H12ClN5O3. The molecule has 2 heterocycles. The van der Waals surface area contributed by atoms with Crippen LogP contribution in [0.25, 0.3) is 11.3 Å². The van der Waals surface area contributed by atoms with E-state index in [4.69, 9.17) is 21.9 Å². The molecular weight excluding hydrogens is 334 g/mol. The summed E-state index contributed by atoms with van der Waals surface area (Å²) in [7, 11) is 0. The van der Waals surface area contributed by atoms with Crippen LogP contribution in [0, 0.1) is 6.92 Å². The van der Waals surface area contributed by atoms with Crippen LogP contribution in [0.1, 0.15) is 26.6 Å². The Hall–Kier alpha value is -3.13. The van der Waals surface area contributed by atoms with Gasteiger partial charge < -0.3 is 15.6 Å². The van der Waals surface area contributed by atoms with Gasteiger partial charge in [0, 0.05) is 16.7 Å². The number of benzene rings is 1. The highest BCUT2D eigenvalue weighted by Crippen LogP contribution is 2.27. The fourth-order valence-electron chi connectivity index (χ4n) is 2.16. The van der Waals surface area contributed by atoms with E-state index in [-0.39, 0.29) is 17.1 Å². The summed E-state index contributed by atoms with van der Waals surface area (Å²) in [6.45, 7) is 1.62. The van der Waals surface area contributed by atoms with E-state index in [0.29, 0.717) is 22.0 Å². The first-order chi connectivity index (χ1) is 11.5. The van der Waals surface area contributed by atoms with Crippen molar-refractivity contribution in [2.75, 3.05) is 5.32 Å². The second kappa shape index (κ2) is 6.17. The third-order valence-electron chi connectivity index (χ3n) is 3.27. The number of primary amides is 1. The lowest BCUT2D eigenvalue weighted by Gasteiger charge is -2.03. The fraction of sp³-hybridized carbons (Fsp3) is 0.0667. The van der Waals surface area contributed by atoms with Gasteiger partial charge in [0.1, 0.15) is 22.7 Å². The van der Waals surface area contributed by atoms with Gasteiger partial charge in [0.2, 0.25) is 0 Å². The minimum absolute atomic E-state index is 0.0856. The summed E-state index contributed by atoms with van der Waals surface area (Å²) in [5, 5.41) is 13.2. The number of halogens is 1. The van der Waals surface area contributed by atoms with Gasteiger partial charge in [-0.15, -0.1) is 0 Å². The Morgan fingerprint density at radius 3 is 2.79 bits per heavy atom. The van der Waals surface area contributed by atoms with Crippen LogP contribution < -0.4 is 11.1 Å². The molecule has 0 atom stereocenters. The number of carbonyl (C=O) groups excluding carboxylic acids is 2. The summed E-state index contributed by atoms with van der Waals surface area (Å²) in [5.74, 6) is -0.658. The lowest BCUT2D eigenvalue weighted by Crippen LogP contribution is -2.14. The highest BCUT2D eigenvalue weighted by atomic mass is 35.5. The van der Waals surface area contributed by atoms with E-state index in [9.17, 15) is 9.59 Å². The number of H-pyrrole nitrogens is 1. The predicted octanol–water partition coefficient (Wildman–Crippen LogP) is 2.38. The number of carbonyl (C=O) groups is 2. The smallest absolute Gasteiger partial charge is 0.266 e. The number of nitrogens with two attached hydrogens (primary N) is 1. The van der Waals surface area contributed by atoms with Crippen molar-refractivity contribution in [2.45, 2.75) is 6.92 Å². The molecule has 1 aromatic carbocycles. The average molecular weight is 346 g/mol. The molecule has 0 aliphatic rings. The third kappa shape index (κ3) is 2.99. The van der Waals surface area contributed by atoms with Crippen LogP contribution >= 0.6 is 11.6 Å². The summed E-state index contributed by atoms with van der Waals surface area (Å²) in [5.41, 5.74) is 6.47. The highest BCUT2D eigenvalue weighted by Gasteiger charge is 2.22. The molecule has 0 fully saturated rings. The molecule has 8 nitrogen and oxygen atoms in total. The first kappa shape index (κ1) is 15.8. The molecule has 24 heavy (non-hydrogen) atoms. The van der Waals surface area contributed by atoms with Crippen molar-refractivity contribution >= 4 is 29.2 Å². The van der Waals surface area contributed by atoms with Crippen molar-refractivity contribution in [3.8, 4) is 11.3 Å². The zero-order valence-electron chi connectivity index (χ0n) is 12.5. The van der Waals surface area contributed by atoms with Crippen LogP contribution in [0.5, 0.6) is 0 Å². The van der Waals surface area contributed by atoms with Crippen LogP contribution in [-0.4, -0.2) is 27.2 Å². The third-order valence-corrected chi connectivity index (χ3v) is 3.51. The molecule has 2 amide bonds. The first-order valence-electron chi connectivity index (χ1n) is 6.84. The van der Waals surface area contributed by atoms with E-state index < -0.39 is 11.8 Å². The molecule has 9 heteroatoms. The topological polar surface area (TPSA) is 127 Å². The maximum atomic E-state index is 12.5. The molecule has 3 aromatic rings. The fourth-order valence-corrected chi connectivity index (χ4v) is 2.35. The van der Waals surface area contributed by atoms with Gasteiger partial charge in [0.05, 0.1) is 0 Å². The monoisotopic (exact) mass is 345 g/mol. The number of nitrogens with one attached hydrogen (secondary N) is 2. The lowest BCUT2D eigenvalue weighted by atomic mass is 10.1. The van der Waals surface area contributed by atoms with Gasteiger partial charge in [-0.2, -0.15) is 5.10 Å². The zero-order chi connectivity index (χ0) is 17.3. The number of rotatable bonds is 4. The van der Waals surface area contributed by atoms with Gasteiger partial charge in [-0.1, -0.05) is 28.9 Å². The predicted molar refractivity (Wildman–Crippen MR) is 86.7 cm³/mol. The van der Waals surface area contributed by atoms with E-state index in [0.717, 1.165) is 0 Å². The number of anilines is 1. The van der Waals surface area contributed by atoms with Gasteiger partial charge >= 0.3 is 0 Å². The highest BCUT2D eigenvalue weighted by molar-refractivity contribution is 6.30. The average Bonchev–Trinajstić information content (AvgIpc) is 3.14. The minimum Gasteiger partial charge on any atom is -0.364 e. The van der Waals surface area contributed by atoms with Crippen molar-refractivity contribution < 1.29 is 14.1 Å². The van der Waals surface area contributed by atoms with E-state index in [1.807, 2.05) is 0 Å². The Morgan fingerprint density at radius 1 is 1.33 bits per heavy atom. The molecule has 0 spiro atoms. The summed E-state index contributed by atoms with van der Waals surface area (Å²) in [6, 6.07) is 8.24. The molecule has 0 unspecified atom stereocenters. The number of amides is 2. The van der Waals surface area contributed by atoms with E-state index in [1.165, 1.54) is 6.07 Å². The van der Waals surface area contributed by atoms with E-state index in [1.54, 1.807) is 31.2 Å². The Labute approximate surface area is 141 Å². The van der Waals surface area contributed by atoms with Crippen LogP contribution in [-0.2, 0) is 0 Å². The Morgan fingerprint density at radius 2 is 2.12 bits per heavy atom. The quantitative estimate of drug-likeness (QED) is 0.669. The molecule has 0 saturated heterocycles. The SMILES string of the molecule is Cc1onc(-c2cccc(Cl)c2)c1C(=O)Nc1cc(C(N)=O)[nH]n1. The lowest BCUT2D eigenvalue weighted by molar-refractivity contribution is 0.0992. The summed E-state index contributed by atoms with van der Waals surface area (Å²) in [6.07, 6.45) is 0. The Balaban J connectivity index is 1.92. The molecule has 4 N–H and O–H groups in total. The van der Waals surface area contributed by atoms with Gasteiger partial charge in [0.25, 0.3) is 11.8 Å². The van der Waals surface area contributed by atoms with Crippen molar-refractivity contribution in [3.05, 3.63) is 52.4 Å². The van der Waals surface area contributed by atoms with Gasteiger partial charge in [-0.25, -0.2) is 0 Å². The number of nitrogens with zero attached hydrogens (tertiary/aromatic N) is 2. The standard InChI is InChI=1S/C15H12ClN5O3/c1-7-12(13(21-24-7)8-3-2-4-9(16)5-8)15(23)18-11-6-10(14(17)22)19-20-11/h2-6H,1H3,(H2,17,22)(H2,18,19,20,23). The summed E-state index contributed by atoms with van der Waals surface area (Å²) >= 11 is 5.98.